The van der Waals surface area contributed by atoms with Gasteiger partial charge in [0.05, 0.1) is 12.7 Å². The Morgan fingerprint density at radius 2 is 2.03 bits per heavy atom. The number of H-pyrrole nitrogens is 1. The van der Waals surface area contributed by atoms with Crippen LogP contribution in [0.4, 0.5) is 5.82 Å². The summed E-state index contributed by atoms with van der Waals surface area (Å²) in [7, 11) is 1.32. The molecule has 1 aliphatic rings. The molecule has 0 radical (unpaired) electrons. The Bertz CT molecular complexity index is 1130. The van der Waals surface area contributed by atoms with E-state index in [9.17, 15) is 9.59 Å². The third kappa shape index (κ3) is 3.86. The normalized spacial score (nSPS) is 17.7. The van der Waals surface area contributed by atoms with Crippen LogP contribution in [0.15, 0.2) is 77.1 Å². The van der Waals surface area contributed by atoms with Gasteiger partial charge in [0.15, 0.2) is 5.16 Å². The van der Waals surface area contributed by atoms with Crippen LogP contribution in [0, 0.1) is 5.92 Å². The number of ether oxygens (including phenoxy) is 1. The third-order valence-corrected chi connectivity index (χ3v) is 5.89. The summed E-state index contributed by atoms with van der Waals surface area (Å²) >= 11 is 1.43. The van der Waals surface area contributed by atoms with Crippen molar-refractivity contribution in [3.05, 3.63) is 94.2 Å². The van der Waals surface area contributed by atoms with Gasteiger partial charge in [0.2, 0.25) is 0 Å². The summed E-state index contributed by atoms with van der Waals surface area (Å²) in [4.78, 5) is 37.2. The van der Waals surface area contributed by atoms with E-state index >= 15 is 0 Å². The fraction of sp³-hybridized carbons (Fsp3) is 0.182. The topological polar surface area (TPSA) is 97.0 Å². The number of nitrogens with one attached hydrogen (secondary N) is 2. The minimum atomic E-state index is -0.766. The summed E-state index contributed by atoms with van der Waals surface area (Å²) in [6, 6.07) is 13.5. The number of carbonyl (C=O) groups excluding carboxylic acids is 1. The number of aromatic nitrogens is 3. The molecule has 0 fully saturated rings. The summed E-state index contributed by atoms with van der Waals surface area (Å²) in [5.74, 6) is -0.778. The van der Waals surface area contributed by atoms with Crippen LogP contribution in [0.5, 0.6) is 0 Å². The summed E-state index contributed by atoms with van der Waals surface area (Å²) < 4.78 is 4.98. The molecule has 0 saturated carbocycles. The Kier molecular flexibility index (Phi) is 5.67. The summed E-state index contributed by atoms with van der Waals surface area (Å²) in [5.41, 5.74) is 2.33. The highest BCUT2D eigenvalue weighted by atomic mass is 32.2. The Balaban J connectivity index is 1.75. The SMILES string of the molecule is C=C1Nc2nc(SCc3ccccc3)[nH]c(=O)c2[C@H](c2cccnc2)[C@H]1C(=O)OC. The first-order valence-electron chi connectivity index (χ1n) is 9.33. The van der Waals surface area contributed by atoms with E-state index in [4.69, 9.17) is 4.74 Å². The molecule has 2 N–H and O–H groups in total. The van der Waals surface area contributed by atoms with E-state index in [1.54, 1.807) is 18.5 Å². The van der Waals surface area contributed by atoms with Gasteiger partial charge in [-0.25, -0.2) is 4.98 Å². The number of hydrogen-bond acceptors (Lipinski definition) is 7. The molecule has 30 heavy (non-hydrogen) atoms. The van der Waals surface area contributed by atoms with E-state index in [0.717, 1.165) is 5.56 Å². The van der Waals surface area contributed by atoms with Crippen molar-refractivity contribution in [3.8, 4) is 0 Å². The van der Waals surface area contributed by atoms with Crippen LogP contribution in [0.1, 0.15) is 22.6 Å². The molecular formula is C22H20N4O3S. The number of anilines is 1. The highest BCUT2D eigenvalue weighted by molar-refractivity contribution is 7.98. The molecule has 0 saturated heterocycles. The van der Waals surface area contributed by atoms with Crippen molar-refractivity contribution >= 4 is 23.5 Å². The fourth-order valence-corrected chi connectivity index (χ4v) is 4.38. The maximum absolute atomic E-state index is 13.1. The van der Waals surface area contributed by atoms with Gasteiger partial charge in [-0.2, -0.15) is 0 Å². The minimum absolute atomic E-state index is 0.307. The number of rotatable bonds is 5. The molecule has 2 atom stereocenters. The number of nitrogens with zero attached hydrogens (tertiary/aromatic N) is 2. The summed E-state index contributed by atoms with van der Waals surface area (Å²) in [5, 5.41) is 3.53. The Morgan fingerprint density at radius 3 is 2.73 bits per heavy atom. The van der Waals surface area contributed by atoms with E-state index in [2.05, 4.69) is 26.8 Å². The van der Waals surface area contributed by atoms with Crippen molar-refractivity contribution in [1.29, 1.82) is 0 Å². The molecule has 2 aromatic heterocycles. The van der Waals surface area contributed by atoms with Crippen LogP contribution in [-0.2, 0) is 15.3 Å². The molecule has 3 heterocycles. The lowest BCUT2D eigenvalue weighted by Crippen LogP contribution is -2.37. The molecule has 4 rings (SSSR count). The first-order chi connectivity index (χ1) is 14.6. The Labute approximate surface area is 177 Å². The van der Waals surface area contributed by atoms with E-state index in [1.165, 1.54) is 18.9 Å². The van der Waals surface area contributed by atoms with E-state index in [-0.39, 0.29) is 5.56 Å². The van der Waals surface area contributed by atoms with Crippen molar-refractivity contribution in [3.63, 3.8) is 0 Å². The molecule has 0 bridgehead atoms. The van der Waals surface area contributed by atoms with Gasteiger partial charge in [-0.05, 0) is 17.2 Å². The summed E-state index contributed by atoms with van der Waals surface area (Å²) in [6.45, 7) is 4.00. The number of pyridine rings is 1. The van der Waals surface area contributed by atoms with Crippen molar-refractivity contribution < 1.29 is 9.53 Å². The van der Waals surface area contributed by atoms with Crippen LogP contribution in [0.25, 0.3) is 0 Å². The third-order valence-electron chi connectivity index (χ3n) is 4.95. The number of esters is 1. The molecule has 0 spiro atoms. The van der Waals surface area contributed by atoms with Gasteiger partial charge in [-0.15, -0.1) is 0 Å². The quantitative estimate of drug-likeness (QED) is 0.371. The average molecular weight is 420 g/mol. The van der Waals surface area contributed by atoms with Gasteiger partial charge in [0, 0.05) is 29.8 Å². The zero-order chi connectivity index (χ0) is 21.1. The highest BCUT2D eigenvalue weighted by Gasteiger charge is 2.41. The number of fused-ring (bicyclic) bond motifs is 1. The number of thioether (sulfide) groups is 1. The maximum Gasteiger partial charge on any atom is 0.315 e. The van der Waals surface area contributed by atoms with Crippen LogP contribution >= 0.6 is 11.8 Å². The van der Waals surface area contributed by atoms with Gasteiger partial charge in [0.1, 0.15) is 11.7 Å². The summed E-state index contributed by atoms with van der Waals surface area (Å²) in [6.07, 6.45) is 3.28. The van der Waals surface area contributed by atoms with Gasteiger partial charge in [-0.1, -0.05) is 54.7 Å². The standard InChI is InChI=1S/C22H20N4O3S/c1-13-16(21(28)29-2)17(15-9-6-10-23-11-15)18-19(24-13)25-22(26-20(18)27)30-12-14-7-4-3-5-8-14/h3-11,16-17H,1,12H2,2H3,(H2,24,25,26,27)/t16-,17+/m0/s1. The molecule has 7 nitrogen and oxygen atoms in total. The molecule has 152 valence electrons. The second-order valence-corrected chi connectivity index (χ2v) is 7.79. The zero-order valence-electron chi connectivity index (χ0n) is 16.3. The molecule has 8 heteroatoms. The number of aromatic amines is 1. The second kappa shape index (κ2) is 8.54. The van der Waals surface area contributed by atoms with E-state index in [1.807, 2.05) is 36.4 Å². The molecular weight excluding hydrogens is 400 g/mol. The van der Waals surface area contributed by atoms with Gasteiger partial charge >= 0.3 is 5.97 Å². The van der Waals surface area contributed by atoms with Crippen molar-refractivity contribution in [2.24, 2.45) is 5.92 Å². The second-order valence-electron chi connectivity index (χ2n) is 6.82. The van der Waals surface area contributed by atoms with Crippen LogP contribution in [0.2, 0.25) is 0 Å². The minimum Gasteiger partial charge on any atom is -0.468 e. The van der Waals surface area contributed by atoms with Gasteiger partial charge in [0.25, 0.3) is 5.56 Å². The fourth-order valence-electron chi connectivity index (χ4n) is 3.56. The number of benzene rings is 1. The molecule has 3 aromatic rings. The lowest BCUT2D eigenvalue weighted by Gasteiger charge is -2.33. The van der Waals surface area contributed by atoms with Crippen LogP contribution < -0.4 is 10.9 Å². The lowest BCUT2D eigenvalue weighted by molar-refractivity contribution is -0.144. The van der Waals surface area contributed by atoms with Crippen molar-refractivity contribution in [1.82, 2.24) is 15.0 Å². The largest absolute Gasteiger partial charge is 0.468 e. The number of carbonyl (C=O) groups is 1. The molecule has 0 aliphatic carbocycles. The monoisotopic (exact) mass is 420 g/mol. The molecule has 0 amide bonds. The first kappa shape index (κ1) is 19.9. The number of methoxy groups -OCH3 is 1. The van der Waals surface area contributed by atoms with E-state index < -0.39 is 17.8 Å². The molecule has 1 aromatic carbocycles. The van der Waals surface area contributed by atoms with Crippen molar-refractivity contribution in [2.75, 3.05) is 12.4 Å². The predicted octanol–water partition coefficient (Wildman–Crippen LogP) is 3.32. The zero-order valence-corrected chi connectivity index (χ0v) is 17.1. The molecule has 1 aliphatic heterocycles. The lowest BCUT2D eigenvalue weighted by atomic mass is 9.78. The smallest absolute Gasteiger partial charge is 0.315 e. The maximum atomic E-state index is 13.1. The predicted molar refractivity (Wildman–Crippen MR) is 115 cm³/mol. The van der Waals surface area contributed by atoms with Crippen LogP contribution in [-0.4, -0.2) is 28.0 Å². The van der Waals surface area contributed by atoms with Gasteiger partial charge < -0.3 is 15.0 Å². The van der Waals surface area contributed by atoms with Crippen molar-refractivity contribution in [2.45, 2.75) is 16.8 Å². The first-order valence-corrected chi connectivity index (χ1v) is 10.3. The Hall–Kier alpha value is -3.39. The van der Waals surface area contributed by atoms with Crippen LogP contribution in [0.3, 0.4) is 0 Å². The van der Waals surface area contributed by atoms with Gasteiger partial charge in [-0.3, -0.25) is 14.6 Å². The average Bonchev–Trinajstić information content (AvgIpc) is 2.77. The number of hydrogen-bond donors (Lipinski definition) is 2. The molecule has 0 unspecified atom stereocenters. The highest BCUT2D eigenvalue weighted by Crippen LogP contribution is 2.42. The Morgan fingerprint density at radius 1 is 1.23 bits per heavy atom. The van der Waals surface area contributed by atoms with E-state index in [0.29, 0.717) is 33.6 Å².